The third-order valence-corrected chi connectivity index (χ3v) is 7.11. The highest BCUT2D eigenvalue weighted by Crippen LogP contribution is 2.59. The van der Waals surface area contributed by atoms with E-state index in [-0.39, 0.29) is 25.0 Å². The largest absolute Gasteiger partial charge is 0.598 e. The molecule has 174 valence electrons. The summed E-state index contributed by atoms with van der Waals surface area (Å²) in [6.07, 6.45) is 15.1. The van der Waals surface area contributed by atoms with Gasteiger partial charge in [0.25, 0.3) is 0 Å². The molecule has 6 nitrogen and oxygen atoms in total. The Kier molecular flexibility index (Phi) is 11.7. The molecule has 2 rings (SSSR count). The van der Waals surface area contributed by atoms with E-state index in [4.69, 9.17) is 18.3 Å². The van der Waals surface area contributed by atoms with Crippen LogP contribution >= 0.6 is 8.17 Å². The van der Waals surface area contributed by atoms with Crippen molar-refractivity contribution >= 4 is 14.1 Å². The minimum absolute atomic E-state index is 0.0987. The van der Waals surface area contributed by atoms with Crippen molar-refractivity contribution in [2.45, 2.75) is 97.8 Å². The molecular weight excluding hydrogens is 403 g/mol. The van der Waals surface area contributed by atoms with Crippen LogP contribution in [0, 0.1) is 11.8 Å². The Morgan fingerprint density at radius 2 is 1.53 bits per heavy atom. The molecule has 0 aromatic rings. The van der Waals surface area contributed by atoms with Crippen LogP contribution in [-0.4, -0.2) is 25.8 Å². The van der Waals surface area contributed by atoms with E-state index in [1.807, 2.05) is 13.8 Å². The summed E-state index contributed by atoms with van der Waals surface area (Å²) >= 11 is 0. The molecule has 0 amide bonds. The molecule has 0 bridgehead atoms. The Morgan fingerprint density at radius 3 is 2.10 bits per heavy atom. The first-order chi connectivity index (χ1) is 14.5. The zero-order valence-corrected chi connectivity index (χ0v) is 20.1. The first-order valence-corrected chi connectivity index (χ1v) is 13.4. The number of fused-ring (bicyclic) bond motifs is 1. The fourth-order valence-electron chi connectivity index (χ4n) is 3.91. The van der Waals surface area contributed by atoms with Crippen molar-refractivity contribution in [1.29, 1.82) is 0 Å². The summed E-state index contributed by atoms with van der Waals surface area (Å²) in [5.41, 5.74) is 0.455. The average Bonchev–Trinajstić information content (AvgIpc) is 3.00. The SMILES string of the molecule is CCCCCCCCCCCCCCO[P+]1([O-])OC[C@@H]2COC(=O)C2=C(C(C)C)O1. The fraction of sp³-hybridized carbons (Fsp3) is 0.870. The lowest BCUT2D eigenvalue weighted by atomic mass is 9.97. The molecule has 0 spiro atoms. The van der Waals surface area contributed by atoms with E-state index in [0.717, 1.165) is 12.8 Å². The molecule has 0 aromatic heterocycles. The number of cyclic esters (lactones) is 1. The van der Waals surface area contributed by atoms with Crippen molar-refractivity contribution in [1.82, 2.24) is 0 Å². The van der Waals surface area contributed by atoms with Gasteiger partial charge in [-0.3, -0.25) is 4.52 Å². The van der Waals surface area contributed by atoms with Gasteiger partial charge in [0.2, 0.25) is 0 Å². The highest BCUT2D eigenvalue weighted by Gasteiger charge is 2.47. The van der Waals surface area contributed by atoms with E-state index >= 15 is 0 Å². The van der Waals surface area contributed by atoms with Crippen LogP contribution in [0.15, 0.2) is 11.3 Å². The lowest BCUT2D eigenvalue weighted by molar-refractivity contribution is -0.245. The first kappa shape index (κ1) is 25.6. The Bertz CT molecular complexity index is 550. The number of phosphoric ester groups is 1. The molecular formula is C23H41O6P. The number of hydrogen-bond donors (Lipinski definition) is 0. The van der Waals surface area contributed by atoms with Gasteiger partial charge in [-0.15, -0.1) is 0 Å². The average molecular weight is 445 g/mol. The van der Waals surface area contributed by atoms with E-state index in [1.165, 1.54) is 64.2 Å². The number of phosphoric acid groups is 1. The van der Waals surface area contributed by atoms with Gasteiger partial charge in [-0.1, -0.05) is 91.4 Å². The minimum atomic E-state index is -3.70. The molecule has 2 heterocycles. The van der Waals surface area contributed by atoms with E-state index in [2.05, 4.69) is 6.92 Å². The number of rotatable bonds is 15. The minimum Gasteiger partial charge on any atom is -0.598 e. The predicted molar refractivity (Wildman–Crippen MR) is 117 cm³/mol. The Morgan fingerprint density at radius 1 is 0.967 bits per heavy atom. The highest BCUT2D eigenvalue weighted by molar-refractivity contribution is 7.54. The topological polar surface area (TPSA) is 77.0 Å². The van der Waals surface area contributed by atoms with Gasteiger partial charge < -0.3 is 9.63 Å². The smallest absolute Gasteiger partial charge is 0.428 e. The van der Waals surface area contributed by atoms with Crippen LogP contribution in [0.1, 0.15) is 97.8 Å². The zero-order chi connectivity index (χ0) is 21.8. The second-order valence-electron chi connectivity index (χ2n) is 8.78. The number of hydrogen-bond acceptors (Lipinski definition) is 6. The molecule has 0 aliphatic carbocycles. The summed E-state index contributed by atoms with van der Waals surface area (Å²) in [6.45, 7) is 6.74. The standard InChI is InChI=1S/C23H41O6P/c1-4-5-6-7-8-9-10-11-12-13-14-15-16-27-30(25)28-18-20-17-26-23(24)21(20)22(29-30)19(2)3/h19-20H,4-18H2,1-3H3/t20-,30?/m0/s1. The summed E-state index contributed by atoms with van der Waals surface area (Å²) < 4.78 is 21.8. The molecule has 0 radical (unpaired) electrons. The molecule has 0 N–H and O–H groups in total. The van der Waals surface area contributed by atoms with Crippen LogP contribution < -0.4 is 4.89 Å². The van der Waals surface area contributed by atoms with E-state index in [9.17, 15) is 9.69 Å². The first-order valence-electron chi connectivity index (χ1n) is 12.0. The van der Waals surface area contributed by atoms with Gasteiger partial charge in [0, 0.05) is 5.92 Å². The predicted octanol–water partition coefficient (Wildman–Crippen LogP) is 5.87. The molecule has 1 fully saturated rings. The molecule has 0 aromatic carbocycles. The lowest BCUT2D eigenvalue weighted by Crippen LogP contribution is -2.20. The van der Waals surface area contributed by atoms with Crippen LogP contribution in [0.25, 0.3) is 0 Å². The third kappa shape index (κ3) is 8.45. The Hall–Kier alpha value is -0.680. The van der Waals surface area contributed by atoms with Gasteiger partial charge in [-0.25, -0.2) is 4.79 Å². The Labute approximate surface area is 183 Å². The van der Waals surface area contributed by atoms with Gasteiger partial charge in [0.15, 0.2) is 5.76 Å². The fourth-order valence-corrected chi connectivity index (χ4v) is 5.36. The molecule has 2 atom stereocenters. The van der Waals surface area contributed by atoms with Crippen LogP contribution in [0.3, 0.4) is 0 Å². The maximum atomic E-state index is 13.0. The Balaban J connectivity index is 1.59. The summed E-state index contributed by atoms with van der Waals surface area (Å²) in [6, 6.07) is 0. The molecule has 1 unspecified atom stereocenters. The summed E-state index contributed by atoms with van der Waals surface area (Å²) in [7, 11) is -3.70. The quantitative estimate of drug-likeness (QED) is 0.179. The van der Waals surface area contributed by atoms with Gasteiger partial charge in [0.1, 0.15) is 13.2 Å². The van der Waals surface area contributed by atoms with Crippen molar-refractivity contribution in [3.63, 3.8) is 0 Å². The van der Waals surface area contributed by atoms with Crippen molar-refractivity contribution in [2.75, 3.05) is 19.8 Å². The number of unbranched alkanes of at least 4 members (excludes halogenated alkanes) is 11. The third-order valence-electron chi connectivity index (χ3n) is 5.72. The molecule has 7 heteroatoms. The molecule has 0 saturated carbocycles. The van der Waals surface area contributed by atoms with Crippen LogP contribution in [0.4, 0.5) is 0 Å². The summed E-state index contributed by atoms with van der Waals surface area (Å²) in [5, 5.41) is 0. The molecule has 1 saturated heterocycles. The molecule has 2 aliphatic heterocycles. The highest BCUT2D eigenvalue weighted by atomic mass is 31.2. The van der Waals surface area contributed by atoms with Gasteiger partial charge >= 0.3 is 14.1 Å². The number of allylic oxidation sites excluding steroid dienone is 1. The van der Waals surface area contributed by atoms with E-state index < -0.39 is 14.1 Å². The van der Waals surface area contributed by atoms with Gasteiger partial charge in [-0.05, 0) is 6.42 Å². The van der Waals surface area contributed by atoms with E-state index in [0.29, 0.717) is 17.9 Å². The second-order valence-corrected chi connectivity index (χ2v) is 10.4. The second kappa shape index (κ2) is 13.7. The van der Waals surface area contributed by atoms with E-state index in [1.54, 1.807) is 0 Å². The molecule has 30 heavy (non-hydrogen) atoms. The number of carbonyl (C=O) groups excluding carboxylic acids is 1. The van der Waals surface area contributed by atoms with Gasteiger partial charge in [-0.2, -0.15) is 9.05 Å². The zero-order valence-electron chi connectivity index (χ0n) is 19.2. The lowest BCUT2D eigenvalue weighted by Gasteiger charge is -2.25. The summed E-state index contributed by atoms with van der Waals surface area (Å²) in [5.74, 6) is -0.348. The maximum absolute atomic E-state index is 13.0. The van der Waals surface area contributed by atoms with Crippen molar-refractivity contribution in [2.24, 2.45) is 11.8 Å². The monoisotopic (exact) mass is 444 g/mol. The van der Waals surface area contributed by atoms with Crippen molar-refractivity contribution in [3.8, 4) is 0 Å². The number of carbonyl (C=O) groups is 1. The van der Waals surface area contributed by atoms with Crippen LogP contribution in [0.2, 0.25) is 0 Å². The van der Waals surface area contributed by atoms with Crippen molar-refractivity contribution in [3.05, 3.63) is 11.3 Å². The maximum Gasteiger partial charge on any atom is 0.428 e. The normalized spacial score (nSPS) is 24.0. The number of ether oxygens (including phenoxy) is 1. The van der Waals surface area contributed by atoms with Crippen LogP contribution in [-0.2, 0) is 23.1 Å². The molecule has 2 aliphatic rings. The number of esters is 1. The summed E-state index contributed by atoms with van der Waals surface area (Å²) in [4.78, 5) is 25.0. The van der Waals surface area contributed by atoms with Gasteiger partial charge in [0.05, 0.1) is 18.1 Å². The van der Waals surface area contributed by atoms with Crippen LogP contribution in [0.5, 0.6) is 0 Å². The van der Waals surface area contributed by atoms with Crippen molar-refractivity contribution < 1.29 is 28.0 Å².